The van der Waals surface area contributed by atoms with Crippen molar-refractivity contribution in [2.45, 2.75) is 0 Å². The van der Waals surface area contributed by atoms with E-state index in [4.69, 9.17) is 10.5 Å². The van der Waals surface area contributed by atoms with Crippen molar-refractivity contribution in [3.63, 3.8) is 0 Å². The van der Waals surface area contributed by atoms with E-state index in [1.165, 1.54) is 0 Å². The number of rotatable bonds is 2. The van der Waals surface area contributed by atoms with Crippen LogP contribution in [0.25, 0.3) is 0 Å². The Balaban J connectivity index is 3.89. The third kappa shape index (κ3) is 2.64. The van der Waals surface area contributed by atoms with Gasteiger partial charge in [0.25, 0.3) is 0 Å². The molecule has 0 rings (SSSR count). The van der Waals surface area contributed by atoms with E-state index in [0.717, 1.165) is 0 Å². The van der Waals surface area contributed by atoms with Gasteiger partial charge in [0.2, 0.25) is 0 Å². The average Bonchev–Trinajstić information content (AvgIpc) is 1.68. The second-order valence-corrected chi connectivity index (χ2v) is 2.30. The molecule has 6 nitrogen and oxygen atoms in total. The van der Waals surface area contributed by atoms with Gasteiger partial charge in [0.1, 0.15) is 0 Å². The molecule has 0 spiro atoms. The molecule has 0 saturated carbocycles. The number of hydrogen-bond donors (Lipinski definition) is 2. The molecule has 0 aromatic rings. The van der Waals surface area contributed by atoms with Crippen molar-refractivity contribution in [2.24, 2.45) is 0 Å². The third-order valence-electron chi connectivity index (χ3n) is 0.183. The molecule has 2 N–H and O–H groups in total. The van der Waals surface area contributed by atoms with Gasteiger partial charge in [-0.15, -0.1) is 0 Å². The van der Waals surface area contributed by atoms with E-state index in [2.05, 4.69) is 7.88 Å². The molecule has 0 aliphatic rings. The summed E-state index contributed by atoms with van der Waals surface area (Å²) in [6, 6.07) is 0. The Labute approximate surface area is 40.5 Å². The van der Waals surface area contributed by atoms with Crippen LogP contribution in [0.4, 0.5) is 0 Å². The summed E-state index contributed by atoms with van der Waals surface area (Å²) < 4.78 is 24.3. The molecule has 44 valence electrons. The van der Waals surface area contributed by atoms with Crippen molar-refractivity contribution in [3.8, 4) is 0 Å². The zero-order chi connectivity index (χ0) is 5.91. The molecule has 0 saturated heterocycles. The average molecular weight is 150 g/mol. The van der Waals surface area contributed by atoms with Gasteiger partial charge in [0, 0.05) is 0 Å². The second-order valence-electron chi connectivity index (χ2n) is 0.557. The molecular weight excluding hydrogens is 148 g/mol. The molecule has 0 aromatic heterocycles. The minimum absolute atomic E-state index is 2.66. The second kappa shape index (κ2) is 2.32. The van der Waals surface area contributed by atoms with E-state index in [9.17, 15) is 7.61 Å². The van der Waals surface area contributed by atoms with Crippen molar-refractivity contribution >= 4 is 0 Å². The molecule has 0 aliphatic heterocycles. The van der Waals surface area contributed by atoms with Crippen LogP contribution in [0.2, 0.25) is 0 Å². The van der Waals surface area contributed by atoms with Gasteiger partial charge in [-0.3, -0.25) is 0 Å². The quantitative estimate of drug-likeness (QED) is 0.412. The first-order valence-corrected chi connectivity index (χ1v) is 3.11. The fourth-order valence-corrected chi connectivity index (χ4v) is 0.0561. The van der Waals surface area contributed by atoms with Crippen LogP contribution < -0.4 is 0 Å². The Hall–Kier alpha value is -0.0275. The van der Waals surface area contributed by atoms with Crippen molar-refractivity contribution < 1.29 is 39.6 Å². The van der Waals surface area contributed by atoms with E-state index in [0.29, 0.717) is 0 Å². The van der Waals surface area contributed by atoms with E-state index in [1.54, 1.807) is 0 Å². The summed E-state index contributed by atoms with van der Waals surface area (Å²) in [4.78, 5) is 0. The summed E-state index contributed by atoms with van der Waals surface area (Å²) in [6.07, 6.45) is 0. The molecule has 0 radical (unpaired) electrons. The minimum atomic E-state index is -5.19. The molecule has 0 heterocycles. The molecule has 7 heteroatoms. The van der Waals surface area contributed by atoms with Gasteiger partial charge in [0.05, 0.1) is 0 Å². The molecule has 0 fully saturated rings. The Morgan fingerprint density at radius 1 is 1.14 bits per heavy atom. The summed E-state index contributed by atoms with van der Waals surface area (Å²) in [5.41, 5.74) is 0. The normalized spacial score (nSPS) is 11.7. The Morgan fingerprint density at radius 3 is 1.43 bits per heavy atom. The fourth-order valence-electron chi connectivity index (χ4n) is 0.0136. The van der Waals surface area contributed by atoms with Gasteiger partial charge in [-0.1, -0.05) is 0 Å². The predicted molar refractivity (Wildman–Crippen MR) is 8.80 cm³/mol. The van der Waals surface area contributed by atoms with E-state index in [1.807, 2.05) is 0 Å². The van der Waals surface area contributed by atoms with Crippen molar-refractivity contribution in [1.29, 1.82) is 0 Å². The maximum atomic E-state index is 9.50. The van der Waals surface area contributed by atoms with Gasteiger partial charge in [-0.05, 0) is 0 Å². The summed E-state index contributed by atoms with van der Waals surface area (Å²) in [6.45, 7) is 0. The van der Waals surface area contributed by atoms with E-state index < -0.39 is 13.6 Å². The fraction of sp³-hybridized carbons (Fsp3) is 0. The first-order chi connectivity index (χ1) is 3.12. The van der Waals surface area contributed by atoms with Crippen molar-refractivity contribution in [1.82, 2.24) is 0 Å². The molecule has 0 amide bonds. The third-order valence-corrected chi connectivity index (χ3v) is 0.753. The van der Waals surface area contributed by atoms with Crippen LogP contribution in [0.1, 0.15) is 0 Å². The first-order valence-electron chi connectivity index (χ1n) is 1.03. The van der Waals surface area contributed by atoms with Gasteiger partial charge in [0.15, 0.2) is 0 Å². The number of hydrogen-bond acceptors (Lipinski definition) is 6. The topological polar surface area (TPSA) is 93.1 Å². The van der Waals surface area contributed by atoms with Crippen LogP contribution in [0.3, 0.4) is 0 Å². The Morgan fingerprint density at radius 2 is 1.43 bits per heavy atom. The SMILES string of the molecule is [O]=[Cr](=[O])([O]O)[O]O. The monoisotopic (exact) mass is 150 g/mol. The van der Waals surface area contributed by atoms with Crippen molar-refractivity contribution in [3.05, 3.63) is 0 Å². The molecule has 7 heavy (non-hydrogen) atoms. The maximum absolute atomic E-state index is 9.50. The van der Waals surface area contributed by atoms with Crippen LogP contribution in [0.5, 0.6) is 0 Å². The zero-order valence-corrected chi connectivity index (χ0v) is 4.21. The van der Waals surface area contributed by atoms with Gasteiger partial charge < -0.3 is 0 Å². The van der Waals surface area contributed by atoms with Gasteiger partial charge >= 0.3 is 39.6 Å². The molecular formula is H2CrO6. The van der Waals surface area contributed by atoms with Crippen molar-refractivity contribution in [2.75, 3.05) is 0 Å². The molecule has 0 bridgehead atoms. The summed E-state index contributed by atoms with van der Waals surface area (Å²) >= 11 is -5.19. The zero-order valence-electron chi connectivity index (χ0n) is 2.94. The van der Waals surface area contributed by atoms with Crippen LogP contribution in [-0.2, 0) is 29.1 Å². The standard InChI is InChI=1S/Cr.2H2O2.2O/c;2*1-2;;/h;2*1-2H;;/q+2;;;;/p-2. The van der Waals surface area contributed by atoms with E-state index >= 15 is 0 Å². The summed E-state index contributed by atoms with van der Waals surface area (Å²) in [5.74, 6) is 0. The Bertz CT molecular complexity index is 107. The van der Waals surface area contributed by atoms with Gasteiger partial charge in [-0.25, -0.2) is 0 Å². The molecule has 0 aliphatic carbocycles. The Kier molecular flexibility index (Phi) is 2.31. The van der Waals surface area contributed by atoms with E-state index in [-0.39, 0.29) is 0 Å². The van der Waals surface area contributed by atoms with Gasteiger partial charge in [-0.2, -0.15) is 0 Å². The molecule has 0 aromatic carbocycles. The molecule has 0 atom stereocenters. The molecule has 0 unspecified atom stereocenters. The first kappa shape index (κ1) is 6.97. The predicted octanol–water partition coefficient (Wildman–Crippen LogP) is -0.359. The van der Waals surface area contributed by atoms with Crippen LogP contribution in [0.15, 0.2) is 0 Å². The van der Waals surface area contributed by atoms with Crippen LogP contribution >= 0.6 is 0 Å². The van der Waals surface area contributed by atoms with Crippen LogP contribution in [-0.4, -0.2) is 10.5 Å². The summed E-state index contributed by atoms with van der Waals surface area (Å²) in [7, 11) is 0. The summed E-state index contributed by atoms with van der Waals surface area (Å²) in [5, 5.41) is 14.5. The van der Waals surface area contributed by atoms with Crippen LogP contribution in [0, 0.1) is 0 Å².